The van der Waals surface area contributed by atoms with Gasteiger partial charge in [-0.2, -0.15) is 0 Å². The standard InChI is InChI=1S/C30H46N2O6S2/c1-20(2)12-11-13-24(40(10,35)36)26(27-31-16-17-39-27)32(19-25(33)38-30(6,7)8)28(34)21-14-15-22(29(3,4)5)23(18-21)37-9/h14-18,20,24,26H,11-13,19H2,1-10H3/t24-,26+/m0/s1. The lowest BCUT2D eigenvalue weighted by molar-refractivity contribution is -0.156. The van der Waals surface area contributed by atoms with Crippen LogP contribution in [-0.2, 0) is 24.8 Å². The van der Waals surface area contributed by atoms with Crippen molar-refractivity contribution in [3.05, 3.63) is 45.9 Å². The van der Waals surface area contributed by atoms with Crippen LogP contribution in [0, 0.1) is 5.92 Å². The van der Waals surface area contributed by atoms with Gasteiger partial charge in [-0.15, -0.1) is 11.3 Å². The summed E-state index contributed by atoms with van der Waals surface area (Å²) < 4.78 is 37.8. The molecule has 0 aliphatic rings. The Morgan fingerprint density at radius 3 is 2.20 bits per heavy atom. The van der Waals surface area contributed by atoms with Crippen LogP contribution in [0.1, 0.15) is 102 Å². The van der Waals surface area contributed by atoms with Crippen LogP contribution in [0.3, 0.4) is 0 Å². The Morgan fingerprint density at radius 1 is 1.07 bits per heavy atom. The summed E-state index contributed by atoms with van der Waals surface area (Å²) in [6.45, 7) is 15.1. The van der Waals surface area contributed by atoms with Gasteiger partial charge in [0, 0.05) is 23.4 Å². The van der Waals surface area contributed by atoms with Crippen molar-refractivity contribution in [1.29, 1.82) is 0 Å². The van der Waals surface area contributed by atoms with Crippen LogP contribution in [0.2, 0.25) is 0 Å². The van der Waals surface area contributed by atoms with Crippen LogP contribution in [0.4, 0.5) is 0 Å². The first kappa shape index (κ1) is 33.7. The molecule has 40 heavy (non-hydrogen) atoms. The maximum Gasteiger partial charge on any atom is 0.326 e. The average molecular weight is 595 g/mol. The van der Waals surface area contributed by atoms with E-state index in [4.69, 9.17) is 9.47 Å². The van der Waals surface area contributed by atoms with E-state index in [1.54, 1.807) is 51.6 Å². The number of carbonyl (C=O) groups is 2. The highest BCUT2D eigenvalue weighted by Crippen LogP contribution is 2.36. The number of methoxy groups -OCH3 is 1. The number of hydrogen-bond donors (Lipinski definition) is 0. The number of rotatable bonds is 12. The summed E-state index contributed by atoms with van der Waals surface area (Å²) in [7, 11) is -2.12. The topological polar surface area (TPSA) is 103 Å². The summed E-state index contributed by atoms with van der Waals surface area (Å²) in [6.07, 6.45) is 4.58. The first-order valence-corrected chi connectivity index (χ1v) is 16.5. The SMILES string of the molecule is COc1cc(C(=O)N(CC(=O)OC(C)(C)C)[C@@H](c2nccs2)[C@H](CCCC(C)C)S(C)(=O)=O)ccc1C(C)(C)C. The van der Waals surface area contributed by atoms with Gasteiger partial charge in [-0.05, 0) is 56.2 Å². The lowest BCUT2D eigenvalue weighted by Crippen LogP contribution is -2.47. The quantitative estimate of drug-likeness (QED) is 0.269. The fourth-order valence-corrected chi connectivity index (χ4v) is 6.86. The third-order valence-electron chi connectivity index (χ3n) is 6.45. The maximum atomic E-state index is 14.3. The zero-order chi connectivity index (χ0) is 30.5. The van der Waals surface area contributed by atoms with E-state index < -0.39 is 45.2 Å². The number of aromatic nitrogens is 1. The molecule has 1 heterocycles. The summed E-state index contributed by atoms with van der Waals surface area (Å²) in [6, 6.07) is 4.21. The third kappa shape index (κ3) is 9.58. The molecule has 0 fully saturated rings. The molecule has 2 atom stereocenters. The maximum absolute atomic E-state index is 14.3. The van der Waals surface area contributed by atoms with Crippen molar-refractivity contribution >= 4 is 33.1 Å². The van der Waals surface area contributed by atoms with Gasteiger partial charge in [-0.1, -0.05) is 53.5 Å². The van der Waals surface area contributed by atoms with E-state index in [0.717, 1.165) is 12.0 Å². The van der Waals surface area contributed by atoms with E-state index in [2.05, 4.69) is 18.8 Å². The molecule has 8 nitrogen and oxygen atoms in total. The van der Waals surface area contributed by atoms with Crippen molar-refractivity contribution < 1.29 is 27.5 Å². The van der Waals surface area contributed by atoms with Crippen LogP contribution in [0.5, 0.6) is 5.75 Å². The Kier molecular flexibility index (Phi) is 11.4. The van der Waals surface area contributed by atoms with Crippen LogP contribution < -0.4 is 4.74 Å². The Morgan fingerprint density at radius 2 is 1.73 bits per heavy atom. The van der Waals surface area contributed by atoms with Crippen molar-refractivity contribution in [1.82, 2.24) is 9.88 Å². The van der Waals surface area contributed by atoms with Crippen LogP contribution in [0.25, 0.3) is 0 Å². The molecule has 0 saturated heterocycles. The molecule has 0 aliphatic heterocycles. The number of amides is 1. The molecule has 2 aromatic rings. The number of esters is 1. The molecule has 1 aromatic heterocycles. The smallest absolute Gasteiger partial charge is 0.326 e. The number of hydrogen-bond acceptors (Lipinski definition) is 8. The number of nitrogens with zero attached hydrogens (tertiary/aromatic N) is 2. The van der Waals surface area contributed by atoms with E-state index in [-0.39, 0.29) is 11.0 Å². The van der Waals surface area contributed by atoms with Gasteiger partial charge in [0.1, 0.15) is 28.9 Å². The number of ether oxygens (including phenoxy) is 2. The minimum atomic E-state index is -3.66. The van der Waals surface area contributed by atoms with Crippen molar-refractivity contribution in [3.63, 3.8) is 0 Å². The Bertz CT molecular complexity index is 1240. The number of benzene rings is 1. The molecule has 10 heteroatoms. The highest BCUT2D eigenvalue weighted by atomic mass is 32.2. The minimum absolute atomic E-state index is 0.232. The molecule has 0 saturated carbocycles. The second-order valence-corrected chi connectivity index (χ2v) is 15.9. The third-order valence-corrected chi connectivity index (χ3v) is 8.89. The Balaban J connectivity index is 2.71. The van der Waals surface area contributed by atoms with Crippen molar-refractivity contribution in [2.75, 3.05) is 19.9 Å². The molecule has 1 amide bonds. The summed E-state index contributed by atoms with van der Waals surface area (Å²) in [5, 5.41) is 1.24. The highest BCUT2D eigenvalue weighted by molar-refractivity contribution is 7.91. The van der Waals surface area contributed by atoms with Gasteiger partial charge in [0.2, 0.25) is 0 Å². The van der Waals surface area contributed by atoms with E-state index in [1.807, 2.05) is 26.8 Å². The summed E-state index contributed by atoms with van der Waals surface area (Å²) in [5.41, 5.74) is 0.187. The van der Waals surface area contributed by atoms with Gasteiger partial charge in [-0.25, -0.2) is 13.4 Å². The monoisotopic (exact) mass is 594 g/mol. The predicted octanol–water partition coefficient (Wildman–Crippen LogP) is 6.21. The van der Waals surface area contributed by atoms with Gasteiger partial charge < -0.3 is 14.4 Å². The molecule has 0 bridgehead atoms. The molecule has 0 unspecified atom stereocenters. The van der Waals surface area contributed by atoms with Crippen molar-refractivity contribution in [3.8, 4) is 5.75 Å². The van der Waals surface area contributed by atoms with Gasteiger partial charge in [-0.3, -0.25) is 9.59 Å². The van der Waals surface area contributed by atoms with E-state index in [9.17, 15) is 18.0 Å². The molecule has 1 aromatic carbocycles. The van der Waals surface area contributed by atoms with Gasteiger partial charge in [0.05, 0.1) is 12.4 Å². The molecule has 0 aliphatic carbocycles. The molecule has 2 rings (SSSR count). The van der Waals surface area contributed by atoms with Crippen LogP contribution >= 0.6 is 11.3 Å². The largest absolute Gasteiger partial charge is 0.496 e. The lowest BCUT2D eigenvalue weighted by atomic mass is 9.85. The number of thiazole rings is 1. The predicted molar refractivity (Wildman–Crippen MR) is 161 cm³/mol. The highest BCUT2D eigenvalue weighted by Gasteiger charge is 2.41. The average Bonchev–Trinajstić information content (AvgIpc) is 3.33. The van der Waals surface area contributed by atoms with E-state index in [0.29, 0.717) is 29.5 Å². The van der Waals surface area contributed by atoms with Gasteiger partial charge in [0.15, 0.2) is 9.84 Å². The number of carbonyl (C=O) groups excluding carboxylic acids is 2. The molecular formula is C30H46N2O6S2. The summed E-state index contributed by atoms with van der Waals surface area (Å²) >= 11 is 1.26. The second-order valence-electron chi connectivity index (χ2n) is 12.7. The summed E-state index contributed by atoms with van der Waals surface area (Å²) in [4.78, 5) is 33.2. The summed E-state index contributed by atoms with van der Waals surface area (Å²) in [5.74, 6) is -0.192. The second kappa shape index (κ2) is 13.5. The fraction of sp³-hybridized carbons (Fsp3) is 0.633. The van der Waals surface area contributed by atoms with E-state index >= 15 is 0 Å². The Labute approximate surface area is 244 Å². The zero-order valence-electron chi connectivity index (χ0n) is 25.6. The van der Waals surface area contributed by atoms with Gasteiger partial charge in [0.25, 0.3) is 5.91 Å². The molecule has 224 valence electrons. The molecule has 0 radical (unpaired) electrons. The van der Waals surface area contributed by atoms with Gasteiger partial charge >= 0.3 is 5.97 Å². The first-order valence-electron chi connectivity index (χ1n) is 13.6. The van der Waals surface area contributed by atoms with Crippen LogP contribution in [-0.4, -0.2) is 60.9 Å². The minimum Gasteiger partial charge on any atom is -0.496 e. The normalized spacial score (nSPS) is 14.1. The number of sulfone groups is 1. The van der Waals surface area contributed by atoms with Crippen LogP contribution in [0.15, 0.2) is 29.8 Å². The Hall–Kier alpha value is -2.46. The molecule has 0 N–H and O–H groups in total. The molecule has 0 spiro atoms. The van der Waals surface area contributed by atoms with Crippen molar-refractivity contribution in [2.45, 2.75) is 97.0 Å². The lowest BCUT2D eigenvalue weighted by Gasteiger charge is -2.35. The van der Waals surface area contributed by atoms with E-state index in [1.165, 1.54) is 22.5 Å². The first-order chi connectivity index (χ1) is 18.3. The molecular weight excluding hydrogens is 548 g/mol. The zero-order valence-corrected chi connectivity index (χ0v) is 27.2. The fourth-order valence-electron chi connectivity index (χ4n) is 4.63. The van der Waals surface area contributed by atoms with Crippen molar-refractivity contribution in [2.24, 2.45) is 5.92 Å².